The number of hydrogen-bond acceptors (Lipinski definition) is 4. The fourth-order valence-corrected chi connectivity index (χ4v) is 3.20. The number of nitrogen functional groups attached to an aromatic ring is 1. The van der Waals surface area contributed by atoms with E-state index in [-0.39, 0.29) is 4.90 Å². The SMILES string of the molecule is Nc1ccc(S(N)(=O)=O)cc1NC1CCCCCCC1. The van der Waals surface area contributed by atoms with Crippen molar-refractivity contribution in [2.45, 2.75) is 55.9 Å². The molecule has 5 nitrogen and oxygen atoms in total. The van der Waals surface area contributed by atoms with Gasteiger partial charge < -0.3 is 11.1 Å². The number of benzene rings is 1. The van der Waals surface area contributed by atoms with Gasteiger partial charge in [0.1, 0.15) is 0 Å². The van der Waals surface area contributed by atoms with Gasteiger partial charge in [0, 0.05) is 6.04 Å². The first-order valence-corrected chi connectivity index (χ1v) is 8.70. The summed E-state index contributed by atoms with van der Waals surface area (Å²) in [6.45, 7) is 0. The zero-order chi connectivity index (χ0) is 14.6. The number of nitrogens with one attached hydrogen (secondary N) is 1. The quantitative estimate of drug-likeness (QED) is 0.746. The Kier molecular flexibility index (Phi) is 4.88. The molecule has 0 aliphatic heterocycles. The van der Waals surface area contributed by atoms with Gasteiger partial charge in [0.05, 0.1) is 16.3 Å². The molecule has 2 rings (SSSR count). The zero-order valence-electron chi connectivity index (χ0n) is 11.6. The first-order valence-electron chi connectivity index (χ1n) is 7.16. The van der Waals surface area contributed by atoms with Crippen LogP contribution in [0.2, 0.25) is 0 Å². The molecule has 6 heteroatoms. The van der Waals surface area contributed by atoms with Gasteiger partial charge in [-0.15, -0.1) is 0 Å². The summed E-state index contributed by atoms with van der Waals surface area (Å²) in [5.74, 6) is 0. The Morgan fingerprint density at radius 1 is 1.05 bits per heavy atom. The Bertz CT molecular complexity index is 550. The van der Waals surface area contributed by atoms with Crippen molar-refractivity contribution >= 4 is 21.4 Å². The topological polar surface area (TPSA) is 98.2 Å². The van der Waals surface area contributed by atoms with Gasteiger partial charge in [-0.25, -0.2) is 13.6 Å². The van der Waals surface area contributed by atoms with Crippen molar-refractivity contribution in [1.29, 1.82) is 0 Å². The van der Waals surface area contributed by atoms with E-state index in [2.05, 4.69) is 5.32 Å². The summed E-state index contributed by atoms with van der Waals surface area (Å²) in [5, 5.41) is 8.54. The van der Waals surface area contributed by atoms with E-state index in [4.69, 9.17) is 10.9 Å². The van der Waals surface area contributed by atoms with E-state index in [1.165, 1.54) is 44.2 Å². The van der Waals surface area contributed by atoms with Crippen molar-refractivity contribution in [3.8, 4) is 0 Å². The standard InChI is InChI=1S/C14H23N3O2S/c15-13-9-8-12(20(16,18)19)10-14(13)17-11-6-4-2-1-3-5-7-11/h8-11,17H,1-7,15H2,(H2,16,18,19). The highest BCUT2D eigenvalue weighted by Gasteiger charge is 2.15. The lowest BCUT2D eigenvalue weighted by molar-refractivity contribution is 0.471. The van der Waals surface area contributed by atoms with Crippen LogP contribution in [-0.4, -0.2) is 14.5 Å². The highest BCUT2D eigenvalue weighted by atomic mass is 32.2. The maximum atomic E-state index is 11.4. The van der Waals surface area contributed by atoms with E-state index in [0.29, 0.717) is 17.4 Å². The van der Waals surface area contributed by atoms with E-state index in [1.54, 1.807) is 6.07 Å². The zero-order valence-corrected chi connectivity index (χ0v) is 12.5. The average Bonchev–Trinajstić information content (AvgIpc) is 2.33. The van der Waals surface area contributed by atoms with Gasteiger partial charge >= 0.3 is 0 Å². The van der Waals surface area contributed by atoms with Crippen molar-refractivity contribution < 1.29 is 8.42 Å². The largest absolute Gasteiger partial charge is 0.397 e. The van der Waals surface area contributed by atoms with E-state index < -0.39 is 10.0 Å². The molecule has 1 saturated carbocycles. The molecule has 1 aromatic carbocycles. The van der Waals surface area contributed by atoms with E-state index in [1.807, 2.05) is 0 Å². The first kappa shape index (κ1) is 15.1. The van der Waals surface area contributed by atoms with Crippen molar-refractivity contribution in [3.63, 3.8) is 0 Å². The predicted molar refractivity (Wildman–Crippen MR) is 82.0 cm³/mol. The second kappa shape index (κ2) is 6.45. The van der Waals surface area contributed by atoms with Crippen LogP contribution in [0.4, 0.5) is 11.4 Å². The number of primary sulfonamides is 1. The van der Waals surface area contributed by atoms with E-state index in [0.717, 1.165) is 12.8 Å². The van der Waals surface area contributed by atoms with Crippen LogP contribution in [0, 0.1) is 0 Å². The Balaban J connectivity index is 2.14. The number of sulfonamides is 1. The van der Waals surface area contributed by atoms with Gasteiger partial charge in [0.2, 0.25) is 10.0 Å². The molecule has 1 fully saturated rings. The number of anilines is 2. The van der Waals surface area contributed by atoms with Crippen molar-refractivity contribution in [1.82, 2.24) is 0 Å². The van der Waals surface area contributed by atoms with Gasteiger partial charge in [0.15, 0.2) is 0 Å². The summed E-state index contributed by atoms with van der Waals surface area (Å²) in [4.78, 5) is 0.0973. The van der Waals surface area contributed by atoms with Crippen molar-refractivity contribution in [2.24, 2.45) is 5.14 Å². The highest BCUT2D eigenvalue weighted by Crippen LogP contribution is 2.26. The van der Waals surface area contributed by atoms with Gasteiger partial charge in [-0.2, -0.15) is 0 Å². The maximum Gasteiger partial charge on any atom is 0.238 e. The molecular formula is C14H23N3O2S. The third-order valence-electron chi connectivity index (χ3n) is 3.82. The molecule has 1 aliphatic rings. The summed E-state index contributed by atoms with van der Waals surface area (Å²) >= 11 is 0. The number of hydrogen-bond donors (Lipinski definition) is 3. The van der Waals surface area contributed by atoms with Crippen LogP contribution < -0.4 is 16.2 Å². The number of nitrogens with two attached hydrogens (primary N) is 2. The molecule has 0 aromatic heterocycles. The van der Waals surface area contributed by atoms with Gasteiger partial charge in [-0.1, -0.05) is 32.1 Å². The van der Waals surface area contributed by atoms with Crippen LogP contribution in [-0.2, 0) is 10.0 Å². The van der Waals surface area contributed by atoms with Crippen LogP contribution in [0.3, 0.4) is 0 Å². The van der Waals surface area contributed by atoms with Crippen LogP contribution >= 0.6 is 0 Å². The molecule has 1 aliphatic carbocycles. The minimum Gasteiger partial charge on any atom is -0.397 e. The summed E-state index contributed by atoms with van der Waals surface area (Å²) in [6.07, 6.45) is 8.45. The van der Waals surface area contributed by atoms with E-state index >= 15 is 0 Å². The van der Waals surface area contributed by atoms with Gasteiger partial charge in [-0.05, 0) is 31.0 Å². The van der Waals surface area contributed by atoms with Crippen LogP contribution in [0.1, 0.15) is 44.9 Å². The molecule has 0 bridgehead atoms. The summed E-state index contributed by atoms with van der Waals surface area (Å²) in [5.41, 5.74) is 7.15. The molecule has 0 unspecified atom stereocenters. The second-order valence-corrected chi connectivity index (χ2v) is 7.04. The number of rotatable bonds is 3. The smallest absolute Gasteiger partial charge is 0.238 e. The Morgan fingerprint density at radius 3 is 2.25 bits per heavy atom. The molecule has 0 radical (unpaired) electrons. The summed E-state index contributed by atoms with van der Waals surface area (Å²) in [7, 11) is -3.69. The molecular weight excluding hydrogens is 274 g/mol. The Morgan fingerprint density at radius 2 is 1.65 bits per heavy atom. The van der Waals surface area contributed by atoms with Crippen molar-refractivity contribution in [2.75, 3.05) is 11.1 Å². The fourth-order valence-electron chi connectivity index (χ4n) is 2.66. The molecule has 0 saturated heterocycles. The molecule has 1 aromatic rings. The predicted octanol–water partition coefficient (Wildman–Crippen LogP) is 2.44. The minimum absolute atomic E-state index is 0.0973. The van der Waals surface area contributed by atoms with Crippen molar-refractivity contribution in [3.05, 3.63) is 18.2 Å². The molecule has 20 heavy (non-hydrogen) atoms. The summed E-state index contributed by atoms with van der Waals surface area (Å²) < 4.78 is 22.8. The molecule has 0 atom stereocenters. The third-order valence-corrected chi connectivity index (χ3v) is 4.73. The van der Waals surface area contributed by atoms with Gasteiger partial charge in [-0.3, -0.25) is 0 Å². The monoisotopic (exact) mass is 297 g/mol. The highest BCUT2D eigenvalue weighted by molar-refractivity contribution is 7.89. The van der Waals surface area contributed by atoms with Crippen LogP contribution in [0.15, 0.2) is 23.1 Å². The first-order chi connectivity index (χ1) is 9.47. The lowest BCUT2D eigenvalue weighted by atomic mass is 9.96. The lowest BCUT2D eigenvalue weighted by Gasteiger charge is -2.23. The Hall–Kier alpha value is -1.27. The molecule has 0 amide bonds. The molecule has 112 valence electrons. The second-order valence-electron chi connectivity index (χ2n) is 5.48. The van der Waals surface area contributed by atoms with E-state index in [9.17, 15) is 8.42 Å². The molecule has 0 heterocycles. The third kappa shape index (κ3) is 4.11. The van der Waals surface area contributed by atoms with Crippen LogP contribution in [0.25, 0.3) is 0 Å². The summed E-state index contributed by atoms with van der Waals surface area (Å²) in [6, 6.07) is 4.91. The fraction of sp³-hybridized carbons (Fsp3) is 0.571. The van der Waals surface area contributed by atoms with Crippen LogP contribution in [0.5, 0.6) is 0 Å². The minimum atomic E-state index is -3.69. The normalized spacial score (nSPS) is 18.2. The van der Waals surface area contributed by atoms with Gasteiger partial charge in [0.25, 0.3) is 0 Å². The molecule has 0 spiro atoms. The average molecular weight is 297 g/mol. The molecule has 5 N–H and O–H groups in total. The Labute approximate surface area is 120 Å². The maximum absolute atomic E-state index is 11.4. The lowest BCUT2D eigenvalue weighted by Crippen LogP contribution is -2.22.